The maximum atomic E-state index is 13.3. The molecule has 8 heteroatoms. The van der Waals surface area contributed by atoms with Crippen LogP contribution >= 0.6 is 0 Å². The Morgan fingerprint density at radius 3 is 2.53 bits per heavy atom. The number of rotatable bonds is 2. The largest absolute Gasteiger partial charge is 0.469 e. The molecule has 4 bridgehead atoms. The molecule has 0 radical (unpaired) electrons. The van der Waals surface area contributed by atoms with Gasteiger partial charge in [0.15, 0.2) is 5.78 Å². The lowest BCUT2D eigenvalue weighted by molar-refractivity contribution is -0.174. The third kappa shape index (κ3) is 1.70. The average molecular weight is 418 g/mol. The molecule has 8 atom stereocenters. The summed E-state index contributed by atoms with van der Waals surface area (Å²) in [6.07, 6.45) is 2.99. The minimum atomic E-state index is -1.34. The lowest BCUT2D eigenvalue weighted by Gasteiger charge is -2.46. The number of carbonyl (C=O) groups is 4. The first-order valence-electron chi connectivity index (χ1n) is 10.8. The van der Waals surface area contributed by atoms with Crippen molar-refractivity contribution in [1.29, 1.82) is 0 Å². The molecule has 0 N–H and O–H groups in total. The Bertz CT molecular complexity index is 922. The Morgan fingerprint density at radius 2 is 1.90 bits per heavy atom. The van der Waals surface area contributed by atoms with Gasteiger partial charge in [-0.2, -0.15) is 0 Å². The van der Waals surface area contributed by atoms with Crippen LogP contribution in [-0.4, -0.2) is 54.2 Å². The number of carbonyl (C=O) groups excluding carboxylic acids is 4. The van der Waals surface area contributed by atoms with Crippen LogP contribution in [0.5, 0.6) is 0 Å². The van der Waals surface area contributed by atoms with E-state index in [-0.39, 0.29) is 24.1 Å². The molecule has 8 nitrogen and oxygen atoms in total. The first-order valence-corrected chi connectivity index (χ1v) is 10.8. The standard InChI is InChI=1S/C22H26O8/c1-11(23)29-20-6-4-12-19(8-20,9-21(20)10-28-21)14(16(25)27-3)15-18(2)13(24)5-7-22(12,15)30-17(18)26/h12,14-15H,4-10H2,1-3H3/t12-,14-,15-,18+,19-,20+,21+,22-/m1/s1. The zero-order chi connectivity index (χ0) is 21.3. The van der Waals surface area contributed by atoms with E-state index in [1.807, 2.05) is 0 Å². The van der Waals surface area contributed by atoms with Gasteiger partial charge in [0.1, 0.15) is 22.2 Å². The summed E-state index contributed by atoms with van der Waals surface area (Å²) < 4.78 is 23.2. The Morgan fingerprint density at radius 1 is 1.17 bits per heavy atom. The van der Waals surface area contributed by atoms with Gasteiger partial charge in [0, 0.05) is 25.2 Å². The number of ketones is 1. The number of epoxide rings is 1. The maximum absolute atomic E-state index is 13.3. The SMILES string of the molecule is COC(=O)[C@H]1[C@@H]2[C@]3(C)C(=O)CC[C@@]2(OC3=O)[C@@H]2CC[C@]3(OC(C)=O)C[C@@]21C[C@]31CO1. The van der Waals surface area contributed by atoms with Crippen molar-refractivity contribution < 1.29 is 38.1 Å². The summed E-state index contributed by atoms with van der Waals surface area (Å²) in [6, 6.07) is 0. The molecule has 2 heterocycles. The first-order chi connectivity index (χ1) is 14.1. The van der Waals surface area contributed by atoms with E-state index in [9.17, 15) is 19.2 Å². The van der Waals surface area contributed by atoms with E-state index in [0.717, 1.165) is 0 Å². The highest BCUT2D eigenvalue weighted by Crippen LogP contribution is 2.80. The summed E-state index contributed by atoms with van der Waals surface area (Å²) in [6.45, 7) is 3.53. The van der Waals surface area contributed by atoms with Gasteiger partial charge < -0.3 is 18.9 Å². The molecule has 0 aromatic heterocycles. The molecule has 4 saturated carbocycles. The van der Waals surface area contributed by atoms with E-state index in [1.54, 1.807) is 6.92 Å². The molecule has 30 heavy (non-hydrogen) atoms. The quantitative estimate of drug-likeness (QED) is 0.286. The second-order valence-corrected chi connectivity index (χ2v) is 10.5. The zero-order valence-electron chi connectivity index (χ0n) is 17.4. The van der Waals surface area contributed by atoms with E-state index in [0.29, 0.717) is 38.7 Å². The van der Waals surface area contributed by atoms with Gasteiger partial charge in [0.05, 0.1) is 19.6 Å². The fraction of sp³-hybridized carbons (Fsp3) is 0.818. The number of methoxy groups -OCH3 is 1. The molecule has 0 aromatic carbocycles. The highest BCUT2D eigenvalue weighted by molar-refractivity contribution is 6.07. The normalized spacial score (nSPS) is 54.4. The molecule has 6 aliphatic rings. The van der Waals surface area contributed by atoms with Gasteiger partial charge in [-0.3, -0.25) is 19.2 Å². The number of esters is 3. The lowest BCUT2D eigenvalue weighted by Crippen LogP contribution is -2.52. The average Bonchev–Trinajstić information content (AvgIpc) is 3.34. The van der Waals surface area contributed by atoms with Gasteiger partial charge in [-0.05, 0) is 44.4 Å². The van der Waals surface area contributed by atoms with Crippen molar-refractivity contribution in [3.05, 3.63) is 0 Å². The number of hydrogen-bond acceptors (Lipinski definition) is 8. The van der Waals surface area contributed by atoms with Gasteiger partial charge in [0.2, 0.25) is 0 Å². The van der Waals surface area contributed by atoms with Gasteiger partial charge in [-0.15, -0.1) is 0 Å². The predicted molar refractivity (Wildman–Crippen MR) is 97.7 cm³/mol. The molecule has 6 rings (SSSR count). The second-order valence-electron chi connectivity index (χ2n) is 10.5. The van der Waals surface area contributed by atoms with E-state index >= 15 is 0 Å². The van der Waals surface area contributed by atoms with Crippen LogP contribution in [0.3, 0.4) is 0 Å². The van der Waals surface area contributed by atoms with Crippen molar-refractivity contribution in [2.45, 2.75) is 69.2 Å². The summed E-state index contributed by atoms with van der Waals surface area (Å²) in [5.74, 6) is -2.77. The van der Waals surface area contributed by atoms with E-state index in [2.05, 4.69) is 0 Å². The first kappa shape index (κ1) is 18.8. The summed E-state index contributed by atoms with van der Waals surface area (Å²) in [5.41, 5.74) is -4.15. The highest BCUT2D eigenvalue weighted by atomic mass is 16.6. The minimum absolute atomic E-state index is 0.0924. The fourth-order valence-corrected chi connectivity index (χ4v) is 8.68. The number of fused-ring (bicyclic) bond motifs is 2. The lowest BCUT2D eigenvalue weighted by atomic mass is 9.59. The molecule has 4 aliphatic carbocycles. The van der Waals surface area contributed by atoms with Gasteiger partial charge in [0.25, 0.3) is 0 Å². The van der Waals surface area contributed by atoms with Crippen LogP contribution in [0.1, 0.15) is 52.4 Å². The molecule has 0 unspecified atom stereocenters. The zero-order valence-corrected chi connectivity index (χ0v) is 17.4. The minimum Gasteiger partial charge on any atom is -0.469 e. The van der Waals surface area contributed by atoms with E-state index < -0.39 is 51.4 Å². The molecule has 162 valence electrons. The summed E-state index contributed by atoms with van der Waals surface area (Å²) in [5, 5.41) is 0. The van der Waals surface area contributed by atoms with Crippen LogP contribution in [-0.2, 0) is 38.1 Å². The van der Waals surface area contributed by atoms with Crippen molar-refractivity contribution in [3.8, 4) is 0 Å². The molecule has 6 fully saturated rings. The molecule has 0 amide bonds. The van der Waals surface area contributed by atoms with Crippen molar-refractivity contribution in [2.24, 2.45) is 28.6 Å². The molecule has 2 saturated heterocycles. The van der Waals surface area contributed by atoms with Crippen LogP contribution in [0.15, 0.2) is 0 Å². The Labute approximate surface area is 173 Å². The monoisotopic (exact) mass is 418 g/mol. The Balaban J connectivity index is 1.56. The molecule has 0 aromatic rings. The van der Waals surface area contributed by atoms with Crippen LogP contribution in [0.4, 0.5) is 0 Å². The van der Waals surface area contributed by atoms with Crippen molar-refractivity contribution in [3.63, 3.8) is 0 Å². The smallest absolute Gasteiger partial charge is 0.320 e. The van der Waals surface area contributed by atoms with Crippen molar-refractivity contribution in [2.75, 3.05) is 13.7 Å². The van der Waals surface area contributed by atoms with Crippen molar-refractivity contribution >= 4 is 23.7 Å². The molecular formula is C22H26O8. The summed E-state index contributed by atoms with van der Waals surface area (Å²) in [4.78, 5) is 51.3. The van der Waals surface area contributed by atoms with Crippen LogP contribution in [0, 0.1) is 28.6 Å². The van der Waals surface area contributed by atoms with E-state index in [1.165, 1.54) is 14.0 Å². The topological polar surface area (TPSA) is 109 Å². The maximum Gasteiger partial charge on any atom is 0.320 e. The fourth-order valence-electron chi connectivity index (χ4n) is 8.68. The number of Topliss-reactive ketones (excluding diaryl/α,β-unsaturated/α-hetero) is 1. The molecular weight excluding hydrogens is 392 g/mol. The van der Waals surface area contributed by atoms with Gasteiger partial charge in [-0.1, -0.05) is 0 Å². The van der Waals surface area contributed by atoms with Crippen LogP contribution in [0.25, 0.3) is 0 Å². The molecule has 2 aliphatic heterocycles. The van der Waals surface area contributed by atoms with Crippen LogP contribution < -0.4 is 0 Å². The van der Waals surface area contributed by atoms with Gasteiger partial charge in [-0.25, -0.2) is 0 Å². The Kier molecular flexibility index (Phi) is 3.18. The third-order valence-electron chi connectivity index (χ3n) is 9.60. The summed E-state index contributed by atoms with van der Waals surface area (Å²) in [7, 11) is 1.34. The van der Waals surface area contributed by atoms with Crippen molar-refractivity contribution in [1.82, 2.24) is 0 Å². The molecule has 2 spiro atoms. The third-order valence-corrected chi connectivity index (χ3v) is 9.60. The number of ether oxygens (including phenoxy) is 4. The van der Waals surface area contributed by atoms with E-state index in [4.69, 9.17) is 18.9 Å². The number of hydrogen-bond donors (Lipinski definition) is 0. The van der Waals surface area contributed by atoms with Crippen LogP contribution in [0.2, 0.25) is 0 Å². The Hall–Kier alpha value is -1.96. The summed E-state index contributed by atoms with van der Waals surface area (Å²) >= 11 is 0. The second kappa shape index (κ2) is 5.09. The predicted octanol–water partition coefficient (Wildman–Crippen LogP) is 1.33. The van der Waals surface area contributed by atoms with Gasteiger partial charge >= 0.3 is 17.9 Å². The highest BCUT2D eigenvalue weighted by Gasteiger charge is 2.89.